The van der Waals surface area contributed by atoms with Crippen LogP contribution in [0.15, 0.2) is 24.3 Å². The molecule has 1 atom stereocenters. The highest BCUT2D eigenvalue weighted by Gasteiger charge is 2.17. The lowest BCUT2D eigenvalue weighted by atomic mass is 10.1. The van der Waals surface area contributed by atoms with Gasteiger partial charge in [-0.3, -0.25) is 9.48 Å². The molecular weight excluding hydrogens is 297 g/mol. The maximum Gasteiger partial charge on any atom is 0.270 e. The van der Waals surface area contributed by atoms with Crippen molar-refractivity contribution in [2.45, 2.75) is 32.7 Å². The molecule has 2 aromatic rings. The SMILES string of the molecule is CCCc1cc(C(=O)NC(C)c2ccc(OC)c(F)c2)n(C)n1. The van der Waals surface area contributed by atoms with E-state index in [0.717, 1.165) is 18.5 Å². The lowest BCUT2D eigenvalue weighted by Gasteiger charge is -2.15. The zero-order chi connectivity index (χ0) is 17.0. The molecule has 0 aliphatic heterocycles. The summed E-state index contributed by atoms with van der Waals surface area (Å²) >= 11 is 0. The van der Waals surface area contributed by atoms with Gasteiger partial charge in [-0.25, -0.2) is 4.39 Å². The molecule has 0 saturated heterocycles. The molecule has 124 valence electrons. The zero-order valence-corrected chi connectivity index (χ0v) is 13.9. The summed E-state index contributed by atoms with van der Waals surface area (Å²) in [6.45, 7) is 3.87. The Morgan fingerprint density at radius 1 is 1.43 bits per heavy atom. The van der Waals surface area contributed by atoms with Crippen molar-refractivity contribution in [2.24, 2.45) is 7.05 Å². The first-order valence-electron chi connectivity index (χ1n) is 7.63. The van der Waals surface area contributed by atoms with Crippen LogP contribution in [-0.2, 0) is 13.5 Å². The van der Waals surface area contributed by atoms with E-state index in [-0.39, 0.29) is 17.7 Å². The van der Waals surface area contributed by atoms with Crippen LogP contribution in [0.1, 0.15) is 48.1 Å². The van der Waals surface area contributed by atoms with Gasteiger partial charge in [-0.15, -0.1) is 0 Å². The second-order valence-electron chi connectivity index (χ2n) is 5.48. The number of carbonyl (C=O) groups excluding carboxylic acids is 1. The Kier molecular flexibility index (Phi) is 5.36. The Morgan fingerprint density at radius 2 is 2.17 bits per heavy atom. The van der Waals surface area contributed by atoms with Crippen LogP contribution in [0.25, 0.3) is 0 Å². The standard InChI is InChI=1S/C17H22FN3O2/c1-5-6-13-10-15(21(3)20-13)17(22)19-11(2)12-7-8-16(23-4)14(18)9-12/h7-11H,5-6H2,1-4H3,(H,19,22). The molecular formula is C17H22FN3O2. The van der Waals surface area contributed by atoms with E-state index in [2.05, 4.69) is 17.3 Å². The van der Waals surface area contributed by atoms with Crippen LogP contribution in [0.5, 0.6) is 5.75 Å². The highest BCUT2D eigenvalue weighted by atomic mass is 19.1. The van der Waals surface area contributed by atoms with Gasteiger partial charge >= 0.3 is 0 Å². The predicted octanol–water partition coefficient (Wildman–Crippen LogP) is 3.01. The molecule has 0 radical (unpaired) electrons. The summed E-state index contributed by atoms with van der Waals surface area (Å²) in [6.07, 6.45) is 1.81. The summed E-state index contributed by atoms with van der Waals surface area (Å²) in [6, 6.07) is 6.12. The third kappa shape index (κ3) is 3.88. The summed E-state index contributed by atoms with van der Waals surface area (Å²) in [5.74, 6) is -0.494. The average Bonchev–Trinajstić information content (AvgIpc) is 2.88. The summed E-state index contributed by atoms with van der Waals surface area (Å²) in [5.41, 5.74) is 2.06. The van der Waals surface area contributed by atoms with Gasteiger partial charge in [0.15, 0.2) is 11.6 Å². The van der Waals surface area contributed by atoms with Gasteiger partial charge in [0.05, 0.1) is 18.8 Å². The number of methoxy groups -OCH3 is 1. The minimum absolute atomic E-state index is 0.183. The van der Waals surface area contributed by atoms with E-state index in [4.69, 9.17) is 4.74 Å². The van der Waals surface area contributed by atoms with Gasteiger partial charge in [0, 0.05) is 7.05 Å². The molecule has 0 spiro atoms. The third-order valence-corrected chi connectivity index (χ3v) is 3.69. The number of benzene rings is 1. The predicted molar refractivity (Wildman–Crippen MR) is 86.0 cm³/mol. The van der Waals surface area contributed by atoms with Crippen molar-refractivity contribution in [3.63, 3.8) is 0 Å². The van der Waals surface area contributed by atoms with Crippen molar-refractivity contribution in [2.75, 3.05) is 7.11 Å². The second kappa shape index (κ2) is 7.26. The fourth-order valence-electron chi connectivity index (χ4n) is 2.42. The molecule has 1 N–H and O–H groups in total. The molecule has 1 aromatic heterocycles. The number of amides is 1. The molecule has 1 unspecified atom stereocenters. The number of halogens is 1. The van der Waals surface area contributed by atoms with Gasteiger partial charge < -0.3 is 10.1 Å². The van der Waals surface area contributed by atoms with Crippen molar-refractivity contribution in [1.29, 1.82) is 0 Å². The molecule has 0 saturated carbocycles. The number of hydrogen-bond donors (Lipinski definition) is 1. The van der Waals surface area contributed by atoms with E-state index in [9.17, 15) is 9.18 Å². The number of rotatable bonds is 6. The van der Waals surface area contributed by atoms with Gasteiger partial charge in [0.1, 0.15) is 5.69 Å². The number of carbonyl (C=O) groups is 1. The Bertz CT molecular complexity index is 697. The van der Waals surface area contributed by atoms with Crippen LogP contribution in [0.2, 0.25) is 0 Å². The van der Waals surface area contributed by atoms with Gasteiger partial charge in [0.25, 0.3) is 5.91 Å². The minimum atomic E-state index is -0.447. The Balaban J connectivity index is 2.11. The highest BCUT2D eigenvalue weighted by Crippen LogP contribution is 2.22. The lowest BCUT2D eigenvalue weighted by molar-refractivity contribution is 0.0930. The maximum absolute atomic E-state index is 13.8. The molecule has 0 aliphatic carbocycles. The van der Waals surface area contributed by atoms with Gasteiger partial charge in [-0.05, 0) is 37.1 Å². The molecule has 0 fully saturated rings. The lowest BCUT2D eigenvalue weighted by Crippen LogP contribution is -2.28. The molecule has 1 amide bonds. The summed E-state index contributed by atoms with van der Waals surface area (Å²) < 4.78 is 20.2. The van der Waals surface area contributed by atoms with Crippen molar-refractivity contribution < 1.29 is 13.9 Å². The normalized spacial score (nSPS) is 12.0. The summed E-state index contributed by atoms with van der Waals surface area (Å²) in [5, 5.41) is 7.18. The molecule has 0 bridgehead atoms. The molecule has 6 heteroatoms. The van der Waals surface area contributed by atoms with Crippen LogP contribution in [0.3, 0.4) is 0 Å². The topological polar surface area (TPSA) is 56.1 Å². The van der Waals surface area contributed by atoms with Crippen molar-refractivity contribution >= 4 is 5.91 Å². The minimum Gasteiger partial charge on any atom is -0.494 e. The Hall–Kier alpha value is -2.37. The van der Waals surface area contributed by atoms with E-state index in [1.165, 1.54) is 13.2 Å². The molecule has 5 nitrogen and oxygen atoms in total. The average molecular weight is 319 g/mol. The first kappa shape index (κ1) is 17.0. The van der Waals surface area contributed by atoms with E-state index < -0.39 is 5.82 Å². The third-order valence-electron chi connectivity index (χ3n) is 3.69. The number of ether oxygens (including phenoxy) is 1. The van der Waals surface area contributed by atoms with E-state index in [1.54, 1.807) is 29.9 Å². The largest absolute Gasteiger partial charge is 0.494 e. The van der Waals surface area contributed by atoms with Gasteiger partial charge in [-0.2, -0.15) is 5.10 Å². The summed E-state index contributed by atoms with van der Waals surface area (Å²) in [7, 11) is 3.16. The zero-order valence-electron chi connectivity index (χ0n) is 13.9. The molecule has 1 heterocycles. The number of aromatic nitrogens is 2. The van der Waals surface area contributed by atoms with Crippen molar-refractivity contribution in [3.8, 4) is 5.75 Å². The van der Waals surface area contributed by atoms with Gasteiger partial charge in [0.2, 0.25) is 0 Å². The quantitative estimate of drug-likeness (QED) is 0.890. The molecule has 1 aromatic carbocycles. The smallest absolute Gasteiger partial charge is 0.270 e. The molecule has 2 rings (SSSR count). The van der Waals surface area contributed by atoms with E-state index in [1.807, 2.05) is 6.92 Å². The molecule has 23 heavy (non-hydrogen) atoms. The highest BCUT2D eigenvalue weighted by molar-refractivity contribution is 5.92. The monoisotopic (exact) mass is 319 g/mol. The van der Waals surface area contributed by atoms with Crippen molar-refractivity contribution in [3.05, 3.63) is 47.0 Å². The fraction of sp³-hybridized carbons (Fsp3) is 0.412. The van der Waals surface area contributed by atoms with Crippen LogP contribution in [0.4, 0.5) is 4.39 Å². The van der Waals surface area contributed by atoms with E-state index in [0.29, 0.717) is 11.3 Å². The molecule has 0 aliphatic rings. The number of nitrogens with one attached hydrogen (secondary N) is 1. The summed E-state index contributed by atoms with van der Waals surface area (Å²) in [4.78, 5) is 12.4. The van der Waals surface area contributed by atoms with E-state index >= 15 is 0 Å². The fourth-order valence-corrected chi connectivity index (χ4v) is 2.42. The Labute approximate surface area is 135 Å². The first-order valence-corrected chi connectivity index (χ1v) is 7.63. The van der Waals surface area contributed by atoms with Crippen molar-refractivity contribution in [1.82, 2.24) is 15.1 Å². The second-order valence-corrected chi connectivity index (χ2v) is 5.48. The van der Waals surface area contributed by atoms with Crippen LogP contribution in [0, 0.1) is 5.82 Å². The Morgan fingerprint density at radius 3 is 2.78 bits per heavy atom. The number of aryl methyl sites for hydroxylation is 2. The maximum atomic E-state index is 13.8. The van der Waals surface area contributed by atoms with Crippen LogP contribution >= 0.6 is 0 Å². The first-order chi connectivity index (χ1) is 11.0. The number of nitrogens with zero attached hydrogens (tertiary/aromatic N) is 2. The van der Waals surface area contributed by atoms with Crippen LogP contribution < -0.4 is 10.1 Å². The number of hydrogen-bond acceptors (Lipinski definition) is 3. The van der Waals surface area contributed by atoms with Gasteiger partial charge in [-0.1, -0.05) is 19.4 Å². The van der Waals surface area contributed by atoms with Crippen LogP contribution in [-0.4, -0.2) is 22.8 Å².